The molecule has 0 saturated carbocycles. The number of hydrogen-bond acceptors (Lipinski definition) is 5. The van der Waals surface area contributed by atoms with Gasteiger partial charge in [-0.3, -0.25) is 5.10 Å². The number of H-pyrrole nitrogens is 1. The summed E-state index contributed by atoms with van der Waals surface area (Å²) in [7, 11) is 0. The number of rotatable bonds is 3. The van der Waals surface area contributed by atoms with E-state index >= 15 is 0 Å². The average molecular weight is 326 g/mol. The molecule has 2 heterocycles. The molecular weight excluding hydrogens is 314 g/mol. The van der Waals surface area contributed by atoms with Crippen molar-refractivity contribution in [1.29, 1.82) is 0 Å². The predicted molar refractivity (Wildman–Crippen MR) is 90.7 cm³/mol. The summed E-state index contributed by atoms with van der Waals surface area (Å²) in [6.45, 7) is 0. The Morgan fingerprint density at radius 1 is 1.17 bits per heavy atom. The van der Waals surface area contributed by atoms with E-state index in [0.717, 1.165) is 22.2 Å². The molecule has 0 aliphatic carbocycles. The standard InChI is InChI=1S/C16H12ClN5O/c17-16-11-8-19-21-12(11)4-5-13(16)20-15-7-14(23-22-15)9-2-1-3-10(18)6-9/h1-8H,18H2,(H,19,21)(H,20,22). The van der Waals surface area contributed by atoms with Gasteiger partial charge in [-0.25, -0.2) is 0 Å². The number of aromatic nitrogens is 3. The first-order valence-electron chi connectivity index (χ1n) is 6.92. The van der Waals surface area contributed by atoms with Gasteiger partial charge < -0.3 is 15.6 Å². The number of nitrogen functional groups attached to an aromatic ring is 1. The fraction of sp³-hybridized carbons (Fsp3) is 0. The van der Waals surface area contributed by atoms with Gasteiger partial charge in [0.15, 0.2) is 11.6 Å². The molecule has 0 saturated heterocycles. The normalized spacial score (nSPS) is 11.0. The first kappa shape index (κ1) is 13.7. The Balaban J connectivity index is 1.65. The largest absolute Gasteiger partial charge is 0.399 e. The van der Waals surface area contributed by atoms with Crippen molar-refractivity contribution in [2.24, 2.45) is 0 Å². The highest BCUT2D eigenvalue weighted by Crippen LogP contribution is 2.32. The number of nitrogens with zero attached hydrogens (tertiary/aromatic N) is 2. The van der Waals surface area contributed by atoms with Crippen LogP contribution in [0.5, 0.6) is 0 Å². The second-order valence-corrected chi connectivity index (χ2v) is 5.46. The molecule has 0 fully saturated rings. The van der Waals surface area contributed by atoms with Crippen molar-refractivity contribution < 1.29 is 4.52 Å². The molecule has 0 amide bonds. The monoisotopic (exact) mass is 325 g/mol. The third-order valence-electron chi connectivity index (χ3n) is 3.50. The lowest BCUT2D eigenvalue weighted by Crippen LogP contribution is -1.91. The smallest absolute Gasteiger partial charge is 0.174 e. The second-order valence-electron chi connectivity index (χ2n) is 5.09. The minimum Gasteiger partial charge on any atom is -0.399 e. The molecule has 4 N–H and O–H groups in total. The van der Waals surface area contributed by atoms with Crippen molar-refractivity contribution >= 4 is 39.7 Å². The number of hydrogen-bond donors (Lipinski definition) is 3. The van der Waals surface area contributed by atoms with Gasteiger partial charge in [0.1, 0.15) is 0 Å². The van der Waals surface area contributed by atoms with Gasteiger partial charge in [-0.2, -0.15) is 5.10 Å². The highest BCUT2D eigenvalue weighted by molar-refractivity contribution is 6.38. The number of anilines is 3. The summed E-state index contributed by atoms with van der Waals surface area (Å²) >= 11 is 6.38. The highest BCUT2D eigenvalue weighted by Gasteiger charge is 2.11. The summed E-state index contributed by atoms with van der Waals surface area (Å²) in [5, 5.41) is 15.4. The Hall–Kier alpha value is -2.99. The van der Waals surface area contributed by atoms with Crippen LogP contribution in [0.3, 0.4) is 0 Å². The second kappa shape index (κ2) is 5.33. The maximum Gasteiger partial charge on any atom is 0.174 e. The Morgan fingerprint density at radius 3 is 2.96 bits per heavy atom. The molecular formula is C16H12ClN5O. The van der Waals surface area contributed by atoms with Crippen LogP contribution in [0.15, 0.2) is 53.2 Å². The molecule has 4 aromatic rings. The average Bonchev–Trinajstić information content (AvgIpc) is 3.20. The summed E-state index contributed by atoms with van der Waals surface area (Å²) in [5.74, 6) is 1.19. The molecule has 0 spiro atoms. The topological polar surface area (TPSA) is 92.8 Å². The van der Waals surface area contributed by atoms with Gasteiger partial charge in [0.05, 0.1) is 22.4 Å². The van der Waals surface area contributed by atoms with E-state index in [1.165, 1.54) is 0 Å². The van der Waals surface area contributed by atoms with Gasteiger partial charge >= 0.3 is 0 Å². The van der Waals surface area contributed by atoms with E-state index in [1.807, 2.05) is 36.4 Å². The molecule has 0 radical (unpaired) electrons. The van der Waals surface area contributed by atoms with E-state index < -0.39 is 0 Å². The zero-order valence-corrected chi connectivity index (χ0v) is 12.6. The summed E-state index contributed by atoms with van der Waals surface area (Å²) in [6, 6.07) is 13.0. The minimum absolute atomic E-state index is 0.562. The lowest BCUT2D eigenvalue weighted by Gasteiger charge is -2.05. The molecule has 2 aromatic heterocycles. The fourth-order valence-corrected chi connectivity index (χ4v) is 2.64. The zero-order valence-electron chi connectivity index (χ0n) is 11.9. The van der Waals surface area contributed by atoms with Crippen molar-refractivity contribution in [3.8, 4) is 11.3 Å². The number of benzene rings is 2. The number of aromatic amines is 1. The first-order valence-corrected chi connectivity index (χ1v) is 7.30. The van der Waals surface area contributed by atoms with Crippen LogP contribution in [0.2, 0.25) is 5.02 Å². The molecule has 114 valence electrons. The van der Waals surface area contributed by atoms with Crippen molar-refractivity contribution in [3.63, 3.8) is 0 Å². The SMILES string of the molecule is Nc1cccc(-c2cc(Nc3ccc4[nH]ncc4c3Cl)no2)c1. The molecule has 23 heavy (non-hydrogen) atoms. The lowest BCUT2D eigenvalue weighted by atomic mass is 10.1. The summed E-state index contributed by atoms with van der Waals surface area (Å²) in [6.07, 6.45) is 1.68. The summed E-state index contributed by atoms with van der Waals surface area (Å²) in [4.78, 5) is 0. The molecule has 0 aliphatic heterocycles. The lowest BCUT2D eigenvalue weighted by molar-refractivity contribution is 0.435. The van der Waals surface area contributed by atoms with Gasteiger partial charge in [-0.15, -0.1) is 0 Å². The van der Waals surface area contributed by atoms with Crippen LogP contribution in [-0.2, 0) is 0 Å². The van der Waals surface area contributed by atoms with E-state index in [1.54, 1.807) is 12.3 Å². The number of nitrogens with two attached hydrogens (primary N) is 1. The minimum atomic E-state index is 0.562. The van der Waals surface area contributed by atoms with Crippen molar-refractivity contribution in [2.45, 2.75) is 0 Å². The van der Waals surface area contributed by atoms with Crippen LogP contribution in [0.1, 0.15) is 0 Å². The molecule has 2 aromatic carbocycles. The first-order chi connectivity index (χ1) is 11.2. The van der Waals surface area contributed by atoms with E-state index in [9.17, 15) is 0 Å². The third-order valence-corrected chi connectivity index (χ3v) is 3.91. The maximum atomic E-state index is 6.38. The molecule has 4 rings (SSSR count). The van der Waals surface area contributed by atoms with E-state index in [0.29, 0.717) is 22.3 Å². The Bertz CT molecular complexity index is 991. The summed E-state index contributed by atoms with van der Waals surface area (Å²) in [5.41, 5.74) is 8.92. The van der Waals surface area contributed by atoms with Gasteiger partial charge in [-0.05, 0) is 24.3 Å². The van der Waals surface area contributed by atoms with Crippen molar-refractivity contribution in [3.05, 3.63) is 53.7 Å². The van der Waals surface area contributed by atoms with Gasteiger partial charge in [-0.1, -0.05) is 28.9 Å². The van der Waals surface area contributed by atoms with E-state index in [-0.39, 0.29) is 0 Å². The predicted octanol–water partition coefficient (Wildman–Crippen LogP) is 4.20. The fourth-order valence-electron chi connectivity index (χ4n) is 2.38. The van der Waals surface area contributed by atoms with Crippen LogP contribution in [-0.4, -0.2) is 15.4 Å². The number of halogens is 1. The van der Waals surface area contributed by atoms with E-state index in [2.05, 4.69) is 20.7 Å². The Kier molecular flexibility index (Phi) is 3.17. The molecule has 0 atom stereocenters. The van der Waals surface area contributed by atoms with Gasteiger partial charge in [0, 0.05) is 22.7 Å². The van der Waals surface area contributed by atoms with Gasteiger partial charge in [0.25, 0.3) is 0 Å². The van der Waals surface area contributed by atoms with Gasteiger partial charge in [0.2, 0.25) is 0 Å². The molecule has 0 aliphatic rings. The zero-order chi connectivity index (χ0) is 15.8. The number of fused-ring (bicyclic) bond motifs is 1. The Morgan fingerprint density at radius 2 is 2.09 bits per heavy atom. The highest BCUT2D eigenvalue weighted by atomic mass is 35.5. The van der Waals surface area contributed by atoms with Crippen LogP contribution in [0.4, 0.5) is 17.2 Å². The van der Waals surface area contributed by atoms with Crippen molar-refractivity contribution in [1.82, 2.24) is 15.4 Å². The summed E-state index contributed by atoms with van der Waals surface area (Å²) < 4.78 is 5.36. The maximum absolute atomic E-state index is 6.38. The Labute approximate surface area is 136 Å². The molecule has 6 nitrogen and oxygen atoms in total. The number of nitrogens with one attached hydrogen (secondary N) is 2. The van der Waals surface area contributed by atoms with Crippen LogP contribution in [0, 0.1) is 0 Å². The molecule has 0 unspecified atom stereocenters. The quantitative estimate of drug-likeness (QED) is 0.491. The van der Waals surface area contributed by atoms with Crippen LogP contribution < -0.4 is 11.1 Å². The molecule has 0 bridgehead atoms. The van der Waals surface area contributed by atoms with Crippen LogP contribution in [0.25, 0.3) is 22.2 Å². The van der Waals surface area contributed by atoms with E-state index in [4.69, 9.17) is 21.9 Å². The molecule has 7 heteroatoms. The van der Waals surface area contributed by atoms with Crippen molar-refractivity contribution in [2.75, 3.05) is 11.1 Å². The third kappa shape index (κ3) is 2.49. The van der Waals surface area contributed by atoms with Crippen LogP contribution >= 0.6 is 11.6 Å².